The topological polar surface area (TPSA) is 38.3 Å². The third kappa shape index (κ3) is 4.12. The number of hydrogen-bond donors (Lipinski definition) is 1. The molecule has 1 saturated heterocycles. The lowest BCUT2D eigenvalue weighted by Crippen LogP contribution is -2.30. The highest BCUT2D eigenvalue weighted by Gasteiger charge is 2.27. The highest BCUT2D eigenvalue weighted by atomic mass is 16.5. The summed E-state index contributed by atoms with van der Waals surface area (Å²) in [5, 5.41) is 3.34. The van der Waals surface area contributed by atoms with Gasteiger partial charge in [0.15, 0.2) is 0 Å². The lowest BCUT2D eigenvalue weighted by molar-refractivity contribution is -0.154. The van der Waals surface area contributed by atoms with Gasteiger partial charge in [-0.05, 0) is 58.5 Å². The largest absolute Gasteiger partial charge is 0.465 e. The van der Waals surface area contributed by atoms with Gasteiger partial charge in [-0.15, -0.1) is 0 Å². The number of esters is 1. The summed E-state index contributed by atoms with van der Waals surface area (Å²) < 4.78 is 5.34. The molecule has 0 aromatic rings. The molecule has 3 nitrogen and oxygen atoms in total. The Morgan fingerprint density at radius 1 is 1.38 bits per heavy atom. The first-order valence-corrected chi connectivity index (χ1v) is 6.44. The number of piperidine rings is 1. The smallest absolute Gasteiger partial charge is 0.311 e. The van der Waals surface area contributed by atoms with Gasteiger partial charge in [0.2, 0.25) is 0 Å². The van der Waals surface area contributed by atoms with E-state index in [1.165, 1.54) is 12.8 Å². The van der Waals surface area contributed by atoms with Gasteiger partial charge in [0.05, 0.1) is 12.0 Å². The minimum atomic E-state index is -0.325. The number of nitrogens with one attached hydrogen (secondary N) is 1. The monoisotopic (exact) mass is 227 g/mol. The van der Waals surface area contributed by atoms with E-state index < -0.39 is 0 Å². The second-order valence-electron chi connectivity index (χ2n) is 5.36. The van der Waals surface area contributed by atoms with Crippen molar-refractivity contribution in [3.8, 4) is 0 Å². The van der Waals surface area contributed by atoms with Crippen LogP contribution in [0.1, 0.15) is 46.5 Å². The van der Waals surface area contributed by atoms with Gasteiger partial charge >= 0.3 is 5.97 Å². The van der Waals surface area contributed by atoms with Crippen molar-refractivity contribution >= 4 is 5.97 Å². The predicted molar refractivity (Wildman–Crippen MR) is 65.2 cm³/mol. The van der Waals surface area contributed by atoms with E-state index in [2.05, 4.69) is 5.32 Å². The molecule has 0 aliphatic carbocycles. The highest BCUT2D eigenvalue weighted by molar-refractivity contribution is 5.75. The van der Waals surface area contributed by atoms with E-state index in [4.69, 9.17) is 4.74 Å². The van der Waals surface area contributed by atoms with Crippen molar-refractivity contribution in [1.29, 1.82) is 0 Å². The molecule has 1 aliphatic rings. The van der Waals surface area contributed by atoms with Crippen molar-refractivity contribution < 1.29 is 9.53 Å². The van der Waals surface area contributed by atoms with Crippen LogP contribution in [0.4, 0.5) is 0 Å². The van der Waals surface area contributed by atoms with Crippen molar-refractivity contribution in [3.05, 3.63) is 0 Å². The maximum atomic E-state index is 11.7. The molecule has 0 spiro atoms. The van der Waals surface area contributed by atoms with Crippen LogP contribution in [0.5, 0.6) is 0 Å². The van der Waals surface area contributed by atoms with Crippen molar-refractivity contribution in [3.63, 3.8) is 0 Å². The molecule has 0 amide bonds. The average molecular weight is 227 g/mol. The summed E-state index contributed by atoms with van der Waals surface area (Å²) in [5.74, 6) is 0.683. The fourth-order valence-electron chi connectivity index (χ4n) is 1.83. The Bertz CT molecular complexity index is 220. The van der Waals surface area contributed by atoms with Crippen LogP contribution in [0.2, 0.25) is 0 Å². The lowest BCUT2D eigenvalue weighted by atomic mass is 9.90. The summed E-state index contributed by atoms with van der Waals surface area (Å²) in [6.45, 7) is 8.72. The molecule has 1 aliphatic heterocycles. The van der Waals surface area contributed by atoms with Crippen LogP contribution in [0, 0.1) is 11.3 Å². The number of carbonyl (C=O) groups is 1. The van der Waals surface area contributed by atoms with Gasteiger partial charge in [-0.1, -0.05) is 6.92 Å². The SMILES string of the molecule is CCC(C)(C)C(=O)OCCC1CCNCC1. The molecule has 3 heteroatoms. The Kier molecular flexibility index (Phi) is 5.26. The normalized spacial score (nSPS) is 18.4. The molecule has 94 valence electrons. The zero-order valence-electron chi connectivity index (χ0n) is 10.8. The molecule has 0 aromatic heterocycles. The molecule has 1 rings (SSSR count). The number of carbonyl (C=O) groups excluding carboxylic acids is 1. The summed E-state index contributed by atoms with van der Waals surface area (Å²) in [5.41, 5.74) is -0.325. The van der Waals surface area contributed by atoms with Gasteiger partial charge in [-0.3, -0.25) is 4.79 Å². The van der Waals surface area contributed by atoms with E-state index in [1.54, 1.807) is 0 Å². The number of ether oxygens (including phenoxy) is 1. The van der Waals surface area contributed by atoms with E-state index in [9.17, 15) is 4.79 Å². The van der Waals surface area contributed by atoms with Gasteiger partial charge in [0.1, 0.15) is 0 Å². The lowest BCUT2D eigenvalue weighted by Gasteiger charge is -2.24. The molecule has 1 heterocycles. The summed E-state index contributed by atoms with van der Waals surface area (Å²) in [7, 11) is 0. The van der Waals surface area contributed by atoms with Gasteiger partial charge in [0, 0.05) is 0 Å². The first kappa shape index (κ1) is 13.5. The van der Waals surface area contributed by atoms with Crippen molar-refractivity contribution in [2.24, 2.45) is 11.3 Å². The fraction of sp³-hybridized carbons (Fsp3) is 0.923. The summed E-state index contributed by atoms with van der Waals surface area (Å²) in [6.07, 6.45) is 4.29. The van der Waals surface area contributed by atoms with Crippen LogP contribution in [-0.2, 0) is 9.53 Å². The standard InChI is InChI=1S/C13H25NO2/c1-4-13(2,3)12(15)16-10-7-11-5-8-14-9-6-11/h11,14H,4-10H2,1-3H3. The van der Waals surface area contributed by atoms with Crippen molar-refractivity contribution in [2.45, 2.75) is 46.5 Å². The number of rotatable bonds is 5. The zero-order valence-corrected chi connectivity index (χ0v) is 10.8. The first-order valence-electron chi connectivity index (χ1n) is 6.44. The third-order valence-electron chi connectivity index (χ3n) is 3.65. The van der Waals surface area contributed by atoms with E-state index in [0.29, 0.717) is 6.61 Å². The van der Waals surface area contributed by atoms with Crippen LogP contribution in [0.3, 0.4) is 0 Å². The molecule has 0 radical (unpaired) electrons. The number of hydrogen-bond acceptors (Lipinski definition) is 3. The van der Waals surface area contributed by atoms with Gasteiger partial charge in [-0.2, -0.15) is 0 Å². The summed E-state index contributed by atoms with van der Waals surface area (Å²) in [4.78, 5) is 11.7. The average Bonchev–Trinajstić information content (AvgIpc) is 2.30. The molecule has 0 bridgehead atoms. The summed E-state index contributed by atoms with van der Waals surface area (Å²) >= 11 is 0. The van der Waals surface area contributed by atoms with Crippen LogP contribution < -0.4 is 5.32 Å². The first-order chi connectivity index (χ1) is 7.56. The molecular formula is C13H25NO2. The van der Waals surface area contributed by atoms with Crippen LogP contribution >= 0.6 is 0 Å². The fourth-order valence-corrected chi connectivity index (χ4v) is 1.83. The van der Waals surface area contributed by atoms with Gasteiger partial charge in [-0.25, -0.2) is 0 Å². The molecule has 0 atom stereocenters. The molecule has 16 heavy (non-hydrogen) atoms. The predicted octanol–water partition coefficient (Wildman–Crippen LogP) is 2.36. The van der Waals surface area contributed by atoms with E-state index in [1.807, 2.05) is 20.8 Å². The quantitative estimate of drug-likeness (QED) is 0.733. The van der Waals surface area contributed by atoms with Crippen LogP contribution in [0.25, 0.3) is 0 Å². The minimum absolute atomic E-state index is 0.0519. The molecule has 0 aromatic carbocycles. The summed E-state index contributed by atoms with van der Waals surface area (Å²) in [6, 6.07) is 0. The Morgan fingerprint density at radius 3 is 2.56 bits per heavy atom. The molecule has 1 fully saturated rings. The van der Waals surface area contributed by atoms with Crippen molar-refractivity contribution in [2.75, 3.05) is 19.7 Å². The molecule has 1 N–H and O–H groups in total. The molecular weight excluding hydrogens is 202 g/mol. The minimum Gasteiger partial charge on any atom is -0.465 e. The Morgan fingerprint density at radius 2 is 2.00 bits per heavy atom. The van der Waals surface area contributed by atoms with Crippen LogP contribution in [-0.4, -0.2) is 25.7 Å². The molecule has 0 saturated carbocycles. The Balaban J connectivity index is 2.17. The van der Waals surface area contributed by atoms with E-state index in [-0.39, 0.29) is 11.4 Å². The second-order valence-corrected chi connectivity index (χ2v) is 5.36. The highest BCUT2D eigenvalue weighted by Crippen LogP contribution is 2.22. The van der Waals surface area contributed by atoms with E-state index >= 15 is 0 Å². The van der Waals surface area contributed by atoms with Gasteiger partial charge in [0.25, 0.3) is 0 Å². The molecule has 0 unspecified atom stereocenters. The maximum absolute atomic E-state index is 11.7. The zero-order chi connectivity index (χ0) is 12.0. The van der Waals surface area contributed by atoms with Crippen molar-refractivity contribution in [1.82, 2.24) is 5.32 Å². The van der Waals surface area contributed by atoms with Crippen LogP contribution in [0.15, 0.2) is 0 Å². The Hall–Kier alpha value is -0.570. The Labute approximate surface area is 98.9 Å². The van der Waals surface area contributed by atoms with Gasteiger partial charge < -0.3 is 10.1 Å². The van der Waals surface area contributed by atoms with E-state index in [0.717, 1.165) is 31.8 Å². The third-order valence-corrected chi connectivity index (χ3v) is 3.65. The maximum Gasteiger partial charge on any atom is 0.311 e. The second kappa shape index (κ2) is 6.24.